The molecule has 1 N–H and O–H groups in total. The first-order valence-electron chi connectivity index (χ1n) is 7.38. The summed E-state index contributed by atoms with van der Waals surface area (Å²) in [4.78, 5) is 16.0. The van der Waals surface area contributed by atoms with Crippen molar-refractivity contribution < 1.29 is 4.79 Å². The molecule has 0 radical (unpaired) electrons. The van der Waals surface area contributed by atoms with Gasteiger partial charge in [0.05, 0.1) is 0 Å². The van der Waals surface area contributed by atoms with Gasteiger partial charge in [0.2, 0.25) is 5.91 Å². The van der Waals surface area contributed by atoms with Gasteiger partial charge in [-0.2, -0.15) is 0 Å². The summed E-state index contributed by atoms with van der Waals surface area (Å²) in [5, 5.41) is 5.19. The molecular formula is C17H19NOS2. The average Bonchev–Trinajstić information content (AvgIpc) is 3.19. The zero-order valence-corrected chi connectivity index (χ0v) is 13.5. The molecule has 4 heteroatoms. The van der Waals surface area contributed by atoms with E-state index in [0.29, 0.717) is 0 Å². The van der Waals surface area contributed by atoms with Crippen LogP contribution in [-0.4, -0.2) is 12.5 Å². The molecule has 1 aliphatic rings. The monoisotopic (exact) mass is 317 g/mol. The molecule has 2 heterocycles. The fourth-order valence-corrected chi connectivity index (χ4v) is 4.39. The number of rotatable bonds is 5. The van der Waals surface area contributed by atoms with Gasteiger partial charge in [0.25, 0.3) is 0 Å². The van der Waals surface area contributed by atoms with Crippen molar-refractivity contribution in [2.75, 3.05) is 6.54 Å². The first-order valence-corrected chi connectivity index (χ1v) is 9.08. The molecular weight excluding hydrogens is 298 g/mol. The fourth-order valence-electron chi connectivity index (χ4n) is 2.55. The molecule has 0 spiro atoms. The van der Waals surface area contributed by atoms with Gasteiger partial charge in [-0.25, -0.2) is 0 Å². The SMILES string of the molecule is O=C(NCCc1ccc(-c2cccs2)s1)C1CC=CCC1. The van der Waals surface area contributed by atoms with E-state index in [0.717, 1.165) is 32.2 Å². The number of hydrogen-bond acceptors (Lipinski definition) is 3. The Morgan fingerprint density at radius 2 is 2.19 bits per heavy atom. The van der Waals surface area contributed by atoms with E-state index in [1.807, 2.05) is 11.3 Å². The Kier molecular flexibility index (Phi) is 4.88. The van der Waals surface area contributed by atoms with Crippen LogP contribution in [0.3, 0.4) is 0 Å². The van der Waals surface area contributed by atoms with Crippen molar-refractivity contribution in [1.82, 2.24) is 5.32 Å². The molecule has 0 aliphatic heterocycles. The van der Waals surface area contributed by atoms with Crippen molar-refractivity contribution in [1.29, 1.82) is 0 Å². The maximum absolute atomic E-state index is 12.0. The van der Waals surface area contributed by atoms with Crippen LogP contribution in [-0.2, 0) is 11.2 Å². The summed E-state index contributed by atoms with van der Waals surface area (Å²) in [6, 6.07) is 8.59. The number of carbonyl (C=O) groups is 1. The second-order valence-electron chi connectivity index (χ2n) is 5.27. The average molecular weight is 317 g/mol. The van der Waals surface area contributed by atoms with Crippen LogP contribution in [0.25, 0.3) is 9.75 Å². The van der Waals surface area contributed by atoms with E-state index in [9.17, 15) is 4.79 Å². The Morgan fingerprint density at radius 3 is 2.95 bits per heavy atom. The summed E-state index contributed by atoms with van der Waals surface area (Å²) < 4.78 is 0. The minimum Gasteiger partial charge on any atom is -0.355 e. The van der Waals surface area contributed by atoms with E-state index in [2.05, 4.69) is 47.1 Å². The lowest BCUT2D eigenvalue weighted by atomic mass is 9.94. The Balaban J connectivity index is 1.47. The van der Waals surface area contributed by atoms with E-state index in [1.54, 1.807) is 11.3 Å². The lowest BCUT2D eigenvalue weighted by Gasteiger charge is -2.16. The topological polar surface area (TPSA) is 29.1 Å². The summed E-state index contributed by atoms with van der Waals surface area (Å²) in [6.45, 7) is 0.740. The molecule has 2 aromatic heterocycles. The molecule has 0 bridgehead atoms. The summed E-state index contributed by atoms with van der Waals surface area (Å²) in [5.41, 5.74) is 0. The van der Waals surface area contributed by atoms with Crippen molar-refractivity contribution >= 4 is 28.6 Å². The Bertz CT molecular complexity index is 613. The van der Waals surface area contributed by atoms with Crippen molar-refractivity contribution in [2.45, 2.75) is 25.7 Å². The summed E-state index contributed by atoms with van der Waals surface area (Å²) in [5.74, 6) is 0.398. The predicted octanol–water partition coefficient (Wildman–Crippen LogP) is 4.49. The highest BCUT2D eigenvalue weighted by atomic mass is 32.1. The van der Waals surface area contributed by atoms with E-state index in [-0.39, 0.29) is 11.8 Å². The van der Waals surface area contributed by atoms with E-state index in [4.69, 9.17) is 0 Å². The predicted molar refractivity (Wildman–Crippen MR) is 90.8 cm³/mol. The second-order valence-corrected chi connectivity index (χ2v) is 7.38. The van der Waals surface area contributed by atoms with Crippen molar-refractivity contribution in [3.63, 3.8) is 0 Å². The highest BCUT2D eigenvalue weighted by molar-refractivity contribution is 7.21. The van der Waals surface area contributed by atoms with Gasteiger partial charge in [0, 0.05) is 27.1 Å². The normalized spacial score (nSPS) is 17.8. The Labute approximate surface area is 133 Å². The minimum atomic E-state index is 0.181. The standard InChI is InChI=1S/C17H19NOS2/c19-17(13-5-2-1-3-6-13)18-11-10-14-8-9-16(21-14)15-7-4-12-20-15/h1-2,4,7-9,12-13H,3,5-6,10-11H2,(H,18,19). The molecule has 1 unspecified atom stereocenters. The summed E-state index contributed by atoms with van der Waals surface area (Å²) >= 11 is 3.60. The van der Waals surface area contributed by atoms with Crippen LogP contribution in [0.2, 0.25) is 0 Å². The Hall–Kier alpha value is -1.39. The molecule has 1 amide bonds. The van der Waals surface area contributed by atoms with Gasteiger partial charge in [-0.3, -0.25) is 4.79 Å². The van der Waals surface area contributed by atoms with Crippen LogP contribution in [0.5, 0.6) is 0 Å². The number of thiophene rings is 2. The van der Waals surface area contributed by atoms with Gasteiger partial charge in [-0.05, 0) is 49.3 Å². The van der Waals surface area contributed by atoms with Gasteiger partial charge < -0.3 is 5.32 Å². The van der Waals surface area contributed by atoms with Crippen LogP contribution in [0, 0.1) is 5.92 Å². The zero-order chi connectivity index (χ0) is 14.5. The van der Waals surface area contributed by atoms with Crippen LogP contribution in [0.15, 0.2) is 41.8 Å². The van der Waals surface area contributed by atoms with Crippen molar-refractivity contribution in [3.05, 3.63) is 46.7 Å². The molecule has 0 aromatic carbocycles. The lowest BCUT2D eigenvalue weighted by molar-refractivity contribution is -0.125. The smallest absolute Gasteiger partial charge is 0.223 e. The number of nitrogens with one attached hydrogen (secondary N) is 1. The van der Waals surface area contributed by atoms with Crippen molar-refractivity contribution in [3.8, 4) is 9.75 Å². The third-order valence-corrected chi connectivity index (χ3v) is 5.95. The number of allylic oxidation sites excluding steroid dienone is 2. The van der Waals surface area contributed by atoms with Crippen LogP contribution < -0.4 is 5.32 Å². The molecule has 1 atom stereocenters. The summed E-state index contributed by atoms with van der Waals surface area (Å²) in [7, 11) is 0. The molecule has 110 valence electrons. The maximum atomic E-state index is 12.0. The Morgan fingerprint density at radius 1 is 1.24 bits per heavy atom. The van der Waals surface area contributed by atoms with E-state index < -0.39 is 0 Å². The zero-order valence-electron chi connectivity index (χ0n) is 11.9. The van der Waals surface area contributed by atoms with Crippen LogP contribution in [0.4, 0.5) is 0 Å². The quantitative estimate of drug-likeness (QED) is 0.809. The van der Waals surface area contributed by atoms with Gasteiger partial charge in [-0.1, -0.05) is 18.2 Å². The molecule has 21 heavy (non-hydrogen) atoms. The minimum absolute atomic E-state index is 0.181. The van der Waals surface area contributed by atoms with Crippen molar-refractivity contribution in [2.24, 2.45) is 5.92 Å². The highest BCUT2D eigenvalue weighted by Crippen LogP contribution is 2.31. The fraction of sp³-hybridized carbons (Fsp3) is 0.353. The maximum Gasteiger partial charge on any atom is 0.223 e. The number of carbonyl (C=O) groups excluding carboxylic acids is 1. The van der Waals surface area contributed by atoms with Gasteiger partial charge >= 0.3 is 0 Å². The van der Waals surface area contributed by atoms with Gasteiger partial charge in [0.15, 0.2) is 0 Å². The highest BCUT2D eigenvalue weighted by Gasteiger charge is 2.17. The molecule has 0 saturated heterocycles. The van der Waals surface area contributed by atoms with Gasteiger partial charge in [-0.15, -0.1) is 22.7 Å². The van der Waals surface area contributed by atoms with Crippen LogP contribution in [0.1, 0.15) is 24.1 Å². The summed E-state index contributed by atoms with van der Waals surface area (Å²) in [6.07, 6.45) is 8.14. The van der Waals surface area contributed by atoms with E-state index >= 15 is 0 Å². The second kappa shape index (κ2) is 7.05. The third kappa shape index (κ3) is 3.83. The van der Waals surface area contributed by atoms with Crippen LogP contribution >= 0.6 is 22.7 Å². The molecule has 2 aromatic rings. The molecule has 0 saturated carbocycles. The number of amides is 1. The lowest BCUT2D eigenvalue weighted by Crippen LogP contribution is -2.32. The molecule has 2 nitrogen and oxygen atoms in total. The molecule has 3 rings (SSSR count). The first-order chi connectivity index (χ1) is 10.3. The molecule has 1 aliphatic carbocycles. The first kappa shape index (κ1) is 14.5. The largest absolute Gasteiger partial charge is 0.355 e. The number of hydrogen-bond donors (Lipinski definition) is 1. The third-order valence-electron chi connectivity index (χ3n) is 3.74. The van der Waals surface area contributed by atoms with Gasteiger partial charge in [0.1, 0.15) is 0 Å². The molecule has 0 fully saturated rings. The van der Waals surface area contributed by atoms with E-state index in [1.165, 1.54) is 14.6 Å².